The molecule has 0 spiro atoms. The molecule has 2 bridgehead atoms. The predicted octanol–water partition coefficient (Wildman–Crippen LogP) is 4.34. The average Bonchev–Trinajstić information content (AvgIpc) is 3.37. The highest BCUT2D eigenvalue weighted by atomic mass is 19.3. The first-order valence-electron chi connectivity index (χ1n) is 13.5. The number of nitrogens with zero attached hydrogens (tertiary/aromatic N) is 5. The van der Waals surface area contributed by atoms with Crippen molar-refractivity contribution < 1.29 is 22.4 Å². The van der Waals surface area contributed by atoms with Crippen LogP contribution >= 0.6 is 0 Å². The molecule has 37 heavy (non-hydrogen) atoms. The fraction of sp³-hybridized carbons (Fsp3) is 0.393. The van der Waals surface area contributed by atoms with Crippen molar-refractivity contribution in [3.63, 3.8) is 0 Å². The summed E-state index contributed by atoms with van der Waals surface area (Å²) in [6.07, 6.45) is 0.790. The molecule has 7 nitrogen and oxygen atoms in total. The second kappa shape index (κ2) is 8.57. The molecular formula is C28H25F2N5O2. The number of hydrogen-bond donors (Lipinski definition) is 0. The molecule has 1 amide bonds. The minimum atomic E-state index is -3.12. The van der Waals surface area contributed by atoms with E-state index in [-0.39, 0.29) is 28.7 Å². The molecule has 0 N–H and O–H groups in total. The van der Waals surface area contributed by atoms with Gasteiger partial charge in [-0.1, -0.05) is 17.9 Å². The minimum Gasteiger partial charge on any atom is -0.434 e. The maximum Gasteiger partial charge on any atom is 0.387 e. The van der Waals surface area contributed by atoms with Crippen LogP contribution in [0.5, 0.6) is 5.75 Å². The van der Waals surface area contributed by atoms with E-state index in [9.17, 15) is 13.6 Å². The molecule has 9 heteroatoms. The molecule has 0 saturated carbocycles. The number of fused-ring (bicyclic) bond motifs is 9. The number of aromatic nitrogens is 2. The molecule has 1 saturated heterocycles. The molecule has 0 unspecified atom stereocenters. The smallest absolute Gasteiger partial charge is 0.387 e. The van der Waals surface area contributed by atoms with Gasteiger partial charge in [0.1, 0.15) is 11.6 Å². The summed E-state index contributed by atoms with van der Waals surface area (Å²) in [5.74, 6) is 5.78. The lowest BCUT2D eigenvalue weighted by Gasteiger charge is -2.43. The van der Waals surface area contributed by atoms with Gasteiger partial charge >= 0.3 is 6.61 Å². The van der Waals surface area contributed by atoms with Crippen LogP contribution in [0.3, 0.4) is 0 Å². The molecular weight excluding hydrogens is 476 g/mol. The van der Waals surface area contributed by atoms with E-state index in [0.717, 1.165) is 30.1 Å². The third-order valence-electron chi connectivity index (χ3n) is 7.35. The lowest BCUT2D eigenvalue weighted by Crippen LogP contribution is -2.53. The van der Waals surface area contributed by atoms with Gasteiger partial charge in [-0.3, -0.25) is 9.69 Å². The Morgan fingerprint density at radius 1 is 1.30 bits per heavy atom. The van der Waals surface area contributed by atoms with E-state index in [1.54, 1.807) is 6.07 Å². The van der Waals surface area contributed by atoms with Gasteiger partial charge in [-0.2, -0.15) is 14.0 Å². The molecule has 4 heterocycles. The Labute approximate surface area is 217 Å². The number of benzene rings is 2. The van der Waals surface area contributed by atoms with E-state index >= 15 is 0 Å². The number of alkyl halides is 2. The summed E-state index contributed by atoms with van der Waals surface area (Å²) < 4.78 is 57.7. The van der Waals surface area contributed by atoms with Gasteiger partial charge < -0.3 is 14.2 Å². The average molecular weight is 505 g/mol. The molecule has 0 radical (unpaired) electrons. The highest BCUT2D eigenvalue weighted by molar-refractivity contribution is 5.97. The van der Waals surface area contributed by atoms with Gasteiger partial charge in [0.2, 0.25) is 0 Å². The van der Waals surface area contributed by atoms with Gasteiger partial charge in [0.25, 0.3) is 5.91 Å². The van der Waals surface area contributed by atoms with E-state index in [2.05, 4.69) is 27.8 Å². The number of halogens is 2. The van der Waals surface area contributed by atoms with Gasteiger partial charge in [0, 0.05) is 60.3 Å². The van der Waals surface area contributed by atoms with Crippen LogP contribution in [-0.2, 0) is 0 Å². The number of rotatable bonds is 4. The Morgan fingerprint density at radius 3 is 2.89 bits per heavy atom. The Hall–Kier alpha value is -3.95. The van der Waals surface area contributed by atoms with Crippen molar-refractivity contribution in [2.24, 2.45) is 5.41 Å². The van der Waals surface area contributed by atoms with Gasteiger partial charge in [0.05, 0.1) is 34.6 Å². The van der Waals surface area contributed by atoms with Crippen LogP contribution in [0.25, 0.3) is 11.0 Å². The van der Waals surface area contributed by atoms with Crippen LogP contribution in [0.4, 0.5) is 8.78 Å². The van der Waals surface area contributed by atoms with E-state index in [1.165, 1.54) is 18.2 Å². The van der Waals surface area contributed by atoms with Gasteiger partial charge in [-0.25, -0.2) is 4.98 Å². The first kappa shape index (κ1) is 20.1. The third-order valence-corrected chi connectivity index (χ3v) is 7.35. The number of carbonyl (C=O) groups is 1. The number of ether oxygens (including phenoxy) is 1. The second-order valence-corrected chi connectivity index (χ2v) is 10.0. The predicted molar refractivity (Wildman–Crippen MR) is 132 cm³/mol. The molecule has 2 atom stereocenters. The number of nitriles is 1. The van der Waals surface area contributed by atoms with Crippen LogP contribution < -0.4 is 4.74 Å². The van der Waals surface area contributed by atoms with E-state index in [4.69, 9.17) is 14.1 Å². The Balaban J connectivity index is 1.39. The topological polar surface area (TPSA) is 74.4 Å². The number of likely N-dealkylation sites (tertiary alicyclic amines) is 1. The molecule has 3 aliphatic rings. The van der Waals surface area contributed by atoms with Gasteiger partial charge in [0.15, 0.2) is 0 Å². The molecule has 0 aliphatic carbocycles. The molecule has 3 aromatic rings. The van der Waals surface area contributed by atoms with Crippen molar-refractivity contribution >= 4 is 16.9 Å². The zero-order valence-electron chi connectivity index (χ0n) is 23.0. The fourth-order valence-electron chi connectivity index (χ4n) is 5.73. The van der Waals surface area contributed by atoms with Crippen molar-refractivity contribution in [1.29, 1.82) is 5.26 Å². The minimum absolute atomic E-state index is 0.0173. The van der Waals surface area contributed by atoms with E-state index in [1.807, 2.05) is 23.6 Å². The lowest BCUT2D eigenvalue weighted by molar-refractivity contribution is -0.0507. The van der Waals surface area contributed by atoms with Crippen LogP contribution in [0, 0.1) is 28.6 Å². The zero-order chi connectivity index (χ0) is 28.4. The van der Waals surface area contributed by atoms with Gasteiger partial charge in [-0.05, 0) is 37.3 Å². The first-order chi connectivity index (χ1) is 19.0. The largest absolute Gasteiger partial charge is 0.434 e. The number of imidazole rings is 1. The van der Waals surface area contributed by atoms with Crippen molar-refractivity contribution in [3.8, 4) is 23.7 Å². The first-order valence-corrected chi connectivity index (χ1v) is 12.0. The molecule has 1 aromatic heterocycles. The van der Waals surface area contributed by atoms with Crippen LogP contribution in [0.15, 0.2) is 36.4 Å². The van der Waals surface area contributed by atoms with Crippen LogP contribution in [0.2, 0.25) is 0 Å². The van der Waals surface area contributed by atoms with E-state index < -0.39 is 31.6 Å². The summed E-state index contributed by atoms with van der Waals surface area (Å²) in [5, 5.41) is 9.17. The number of amides is 1. The highest BCUT2D eigenvalue weighted by Gasteiger charge is 2.45. The Bertz CT molecular complexity index is 1630. The number of carbonyl (C=O) groups excluding carboxylic acids is 1. The van der Waals surface area contributed by atoms with Crippen molar-refractivity contribution in [1.82, 2.24) is 19.4 Å². The maximum absolute atomic E-state index is 13.5. The standard InChI is InChI=1S/C28H25F2N5O2/c1-28(14-31)15-34(16-28)11-4-3-6-17-9-10-19-20(12-17)35-21-13-22(25(35)32-19)33(2)26(36)18-7-5-8-23(24(18)21)37-27(29)30/h5,7-10,12,21-22,27H,4,11,13,15-16H2,1-2H3/t21-,22-/m1/s1/i2D3. The summed E-state index contributed by atoms with van der Waals surface area (Å²) in [4.78, 5) is 21.2. The molecule has 1 fully saturated rings. The Kier molecular flexibility index (Phi) is 4.67. The zero-order valence-corrected chi connectivity index (χ0v) is 20.0. The quantitative estimate of drug-likeness (QED) is 0.494. The fourth-order valence-corrected chi connectivity index (χ4v) is 5.73. The summed E-state index contributed by atoms with van der Waals surface area (Å²) in [5.41, 5.74) is 1.93. The summed E-state index contributed by atoms with van der Waals surface area (Å²) >= 11 is 0. The molecule has 3 aliphatic heterocycles. The normalized spacial score (nSPS) is 23.1. The summed E-state index contributed by atoms with van der Waals surface area (Å²) in [6.45, 7) is -1.72. The monoisotopic (exact) mass is 504 g/mol. The van der Waals surface area contributed by atoms with Crippen molar-refractivity contribution in [3.05, 3.63) is 58.9 Å². The summed E-state index contributed by atoms with van der Waals surface area (Å²) in [7, 11) is 0. The van der Waals surface area contributed by atoms with Crippen LogP contribution in [-0.4, -0.2) is 58.5 Å². The van der Waals surface area contributed by atoms with Crippen molar-refractivity contribution in [2.75, 3.05) is 26.6 Å². The summed E-state index contributed by atoms with van der Waals surface area (Å²) in [6, 6.07) is 10.5. The van der Waals surface area contributed by atoms with Crippen LogP contribution in [0.1, 0.15) is 63.3 Å². The molecule has 188 valence electrons. The highest BCUT2D eigenvalue weighted by Crippen LogP contribution is 2.49. The van der Waals surface area contributed by atoms with Gasteiger partial charge in [-0.15, -0.1) is 0 Å². The van der Waals surface area contributed by atoms with E-state index in [0.29, 0.717) is 23.3 Å². The second-order valence-electron chi connectivity index (χ2n) is 10.0. The number of hydrogen-bond acceptors (Lipinski definition) is 5. The third kappa shape index (κ3) is 3.82. The van der Waals surface area contributed by atoms with Crippen molar-refractivity contribution in [2.45, 2.75) is 38.5 Å². The molecule has 2 aromatic carbocycles. The Morgan fingerprint density at radius 2 is 2.14 bits per heavy atom. The lowest BCUT2D eigenvalue weighted by atomic mass is 9.84. The SMILES string of the molecule is [2H]C([2H])([2H])N1C(=O)c2cccc(OC(F)F)c2[C@H]2C[C@@H]1c1nc3ccc(C#CCCN4CC(C)(C#N)C4)cc3n12. The maximum atomic E-state index is 13.5. The molecule has 6 rings (SSSR count).